The Labute approximate surface area is 177 Å². The zero-order valence-electron chi connectivity index (χ0n) is 14.8. The molecule has 3 N–H and O–H groups in total. The second kappa shape index (κ2) is 6.29. The molecule has 0 saturated heterocycles. The number of aromatic nitrogens is 2. The van der Waals surface area contributed by atoms with Crippen LogP contribution in [-0.2, 0) is 10.1 Å². The second-order valence-corrected chi connectivity index (χ2v) is 9.02. The first-order valence-corrected chi connectivity index (χ1v) is 10.8. The van der Waals surface area contributed by atoms with E-state index >= 15 is 0 Å². The normalized spacial score (nSPS) is 12.4. The van der Waals surface area contributed by atoms with E-state index in [4.69, 9.17) is 23.2 Å². The van der Waals surface area contributed by atoms with Crippen molar-refractivity contribution in [3.63, 3.8) is 0 Å². The van der Waals surface area contributed by atoms with E-state index in [0.29, 0.717) is 32.3 Å². The van der Waals surface area contributed by atoms with Gasteiger partial charge >= 0.3 is 0 Å². The average molecular weight is 461 g/mol. The lowest BCUT2D eigenvalue weighted by Gasteiger charge is -2.09. The molecule has 0 saturated carbocycles. The summed E-state index contributed by atoms with van der Waals surface area (Å²) >= 11 is 12.0. The molecular formula is C20H10Cl2N2O5S. The topological polar surface area (TPSA) is 120 Å². The predicted octanol–water partition coefficient (Wildman–Crippen LogP) is 4.23. The Balaban J connectivity index is 2.01. The van der Waals surface area contributed by atoms with Crippen molar-refractivity contribution < 1.29 is 13.0 Å². The standard InChI is InChI=1S/C20H10Cl2N2O5S/c21-8-1-3-13-9(5-8)18(25)10-6-16-11(7-15(10)23-13)19(26)17-14(24-16)4-2-12(22)20(17)30(27,28)29/h1-7H,(H,23,25)(H,24,26)(H,27,28,29). The highest BCUT2D eigenvalue weighted by atomic mass is 35.5. The second-order valence-electron chi connectivity index (χ2n) is 6.82. The van der Waals surface area contributed by atoms with Gasteiger partial charge in [-0.1, -0.05) is 23.2 Å². The number of aromatic amines is 2. The number of halogens is 2. The maximum atomic E-state index is 13.2. The van der Waals surface area contributed by atoms with Crippen LogP contribution in [0.3, 0.4) is 0 Å². The number of fused-ring (bicyclic) bond motifs is 4. The Bertz CT molecular complexity index is 1790. The highest BCUT2D eigenvalue weighted by Crippen LogP contribution is 2.29. The van der Waals surface area contributed by atoms with Gasteiger partial charge in [0.25, 0.3) is 10.1 Å². The van der Waals surface area contributed by atoms with Gasteiger partial charge in [-0.15, -0.1) is 0 Å². The summed E-state index contributed by atoms with van der Waals surface area (Å²) in [6.07, 6.45) is 0. The molecule has 3 aromatic carbocycles. The Kier molecular flexibility index (Phi) is 4.00. The molecule has 30 heavy (non-hydrogen) atoms. The minimum Gasteiger partial charge on any atom is -0.354 e. The molecular weight excluding hydrogens is 451 g/mol. The van der Waals surface area contributed by atoms with Crippen LogP contribution >= 0.6 is 23.2 Å². The zero-order chi connectivity index (χ0) is 21.4. The minimum absolute atomic E-state index is 0.131. The molecule has 5 aromatic rings. The first kappa shape index (κ1) is 19.1. The van der Waals surface area contributed by atoms with E-state index in [1.165, 1.54) is 24.3 Å². The van der Waals surface area contributed by atoms with Crippen LogP contribution in [0.25, 0.3) is 43.6 Å². The molecule has 150 valence electrons. The van der Waals surface area contributed by atoms with Crippen LogP contribution in [0.4, 0.5) is 0 Å². The van der Waals surface area contributed by atoms with Gasteiger partial charge in [-0.3, -0.25) is 14.1 Å². The molecule has 0 unspecified atom stereocenters. The van der Waals surface area contributed by atoms with Gasteiger partial charge < -0.3 is 9.97 Å². The minimum atomic E-state index is -4.76. The van der Waals surface area contributed by atoms with E-state index in [1.54, 1.807) is 18.2 Å². The number of H-pyrrole nitrogens is 2. The van der Waals surface area contributed by atoms with Gasteiger partial charge in [0, 0.05) is 26.7 Å². The van der Waals surface area contributed by atoms with Gasteiger partial charge in [0.1, 0.15) is 4.90 Å². The average Bonchev–Trinajstić information content (AvgIpc) is 2.68. The van der Waals surface area contributed by atoms with Crippen molar-refractivity contribution in [3.8, 4) is 0 Å². The van der Waals surface area contributed by atoms with Crippen LogP contribution < -0.4 is 10.9 Å². The number of hydrogen-bond donors (Lipinski definition) is 3. The maximum absolute atomic E-state index is 13.2. The Morgan fingerprint density at radius 1 is 0.733 bits per heavy atom. The Hall–Kier alpha value is -2.91. The quantitative estimate of drug-likeness (QED) is 0.255. The summed E-state index contributed by atoms with van der Waals surface area (Å²) in [5, 5.41) is 0.751. The number of pyridine rings is 2. The lowest BCUT2D eigenvalue weighted by Crippen LogP contribution is -2.12. The SMILES string of the molecule is O=c1c2cc(Cl)ccc2[nH]c2cc3c(=O)c4c(S(=O)(=O)O)c(Cl)ccc4[nH]c3cc12. The van der Waals surface area contributed by atoms with Gasteiger partial charge in [0.05, 0.1) is 27.0 Å². The lowest BCUT2D eigenvalue weighted by molar-refractivity contribution is 0.484. The van der Waals surface area contributed by atoms with E-state index in [-0.39, 0.29) is 26.7 Å². The third-order valence-corrected chi connectivity index (χ3v) is 6.61. The fraction of sp³-hybridized carbons (Fsp3) is 0. The summed E-state index contributed by atoms with van der Waals surface area (Å²) in [5.74, 6) is 0. The van der Waals surface area contributed by atoms with Crippen LogP contribution in [0.5, 0.6) is 0 Å². The maximum Gasteiger partial charge on any atom is 0.296 e. The van der Waals surface area contributed by atoms with Crippen LogP contribution in [0.2, 0.25) is 10.0 Å². The Morgan fingerprint density at radius 3 is 1.97 bits per heavy atom. The molecule has 0 aliphatic heterocycles. The smallest absolute Gasteiger partial charge is 0.296 e. The predicted molar refractivity (Wildman–Crippen MR) is 118 cm³/mol. The van der Waals surface area contributed by atoms with Crippen molar-refractivity contribution in [1.82, 2.24) is 9.97 Å². The third kappa shape index (κ3) is 2.73. The summed E-state index contributed by atoms with van der Waals surface area (Å²) in [4.78, 5) is 31.5. The molecule has 0 fully saturated rings. The van der Waals surface area contributed by atoms with E-state index < -0.39 is 20.4 Å². The number of benzene rings is 3. The summed E-state index contributed by atoms with van der Waals surface area (Å²) in [6, 6.07) is 10.5. The largest absolute Gasteiger partial charge is 0.354 e. The van der Waals surface area contributed by atoms with E-state index in [9.17, 15) is 22.6 Å². The third-order valence-electron chi connectivity index (χ3n) is 5.01. The number of rotatable bonds is 1. The number of nitrogens with one attached hydrogen (secondary N) is 2. The molecule has 0 radical (unpaired) electrons. The molecule has 0 spiro atoms. The van der Waals surface area contributed by atoms with E-state index in [1.807, 2.05) is 0 Å². The van der Waals surface area contributed by atoms with Crippen molar-refractivity contribution >= 4 is 76.9 Å². The molecule has 7 nitrogen and oxygen atoms in total. The van der Waals surface area contributed by atoms with Gasteiger partial charge in [-0.2, -0.15) is 8.42 Å². The van der Waals surface area contributed by atoms with Gasteiger partial charge in [-0.05, 0) is 42.5 Å². The summed E-state index contributed by atoms with van der Waals surface area (Å²) < 4.78 is 33.3. The van der Waals surface area contributed by atoms with E-state index in [0.717, 1.165) is 0 Å². The molecule has 5 rings (SSSR count). The molecule has 0 aliphatic rings. The fourth-order valence-corrected chi connectivity index (χ4v) is 5.10. The van der Waals surface area contributed by atoms with E-state index in [2.05, 4.69) is 9.97 Å². The summed E-state index contributed by atoms with van der Waals surface area (Å²) in [7, 11) is -4.76. The molecule has 0 atom stereocenters. The highest BCUT2D eigenvalue weighted by molar-refractivity contribution is 7.86. The molecule has 10 heteroatoms. The lowest BCUT2D eigenvalue weighted by atomic mass is 10.1. The molecule has 0 amide bonds. The van der Waals surface area contributed by atoms with Crippen molar-refractivity contribution in [2.45, 2.75) is 4.90 Å². The van der Waals surface area contributed by atoms with Crippen molar-refractivity contribution in [3.05, 3.63) is 73.0 Å². The first-order valence-electron chi connectivity index (χ1n) is 8.56. The monoisotopic (exact) mass is 460 g/mol. The summed E-state index contributed by atoms with van der Waals surface area (Å²) in [5.41, 5.74) is 0.504. The van der Waals surface area contributed by atoms with Gasteiger partial charge in [0.2, 0.25) is 0 Å². The van der Waals surface area contributed by atoms with Gasteiger partial charge in [0.15, 0.2) is 10.9 Å². The first-order chi connectivity index (χ1) is 14.1. The summed E-state index contributed by atoms with van der Waals surface area (Å²) in [6.45, 7) is 0. The molecule has 2 heterocycles. The van der Waals surface area contributed by atoms with Crippen LogP contribution in [-0.4, -0.2) is 22.9 Å². The molecule has 0 bridgehead atoms. The van der Waals surface area contributed by atoms with Crippen molar-refractivity contribution in [2.75, 3.05) is 0 Å². The molecule has 0 aliphatic carbocycles. The molecule has 2 aromatic heterocycles. The Morgan fingerprint density at radius 2 is 1.30 bits per heavy atom. The van der Waals surface area contributed by atoms with Crippen molar-refractivity contribution in [2.24, 2.45) is 0 Å². The van der Waals surface area contributed by atoms with Crippen LogP contribution in [0, 0.1) is 0 Å². The highest BCUT2D eigenvalue weighted by Gasteiger charge is 2.22. The van der Waals surface area contributed by atoms with Crippen molar-refractivity contribution in [1.29, 1.82) is 0 Å². The zero-order valence-corrected chi connectivity index (χ0v) is 17.1. The van der Waals surface area contributed by atoms with Gasteiger partial charge in [-0.25, -0.2) is 0 Å². The van der Waals surface area contributed by atoms with Crippen LogP contribution in [0.15, 0.2) is 56.9 Å². The van der Waals surface area contributed by atoms with Crippen LogP contribution in [0.1, 0.15) is 0 Å². The number of hydrogen-bond acceptors (Lipinski definition) is 4. The fourth-order valence-electron chi connectivity index (χ4n) is 3.70.